The molecule has 59 heavy (non-hydrogen) atoms. The maximum Gasteiger partial charge on any atom is 1.00 e. The number of hydrogen-bond donors (Lipinski definition) is 2. The van der Waals surface area contributed by atoms with Gasteiger partial charge in [0.15, 0.2) is 0 Å². The van der Waals surface area contributed by atoms with Crippen LogP contribution in [0.2, 0.25) is 0 Å². The third-order valence-electron chi connectivity index (χ3n) is 7.99. The first-order valence-corrected chi connectivity index (χ1v) is 18.0. The van der Waals surface area contributed by atoms with E-state index in [0.717, 1.165) is 16.8 Å². The number of carbonyl (C=O) groups is 2. The zero-order chi connectivity index (χ0) is 40.7. The zero-order valence-electron chi connectivity index (χ0n) is 31.8. The quantitative estimate of drug-likeness (QED) is 0.114. The van der Waals surface area contributed by atoms with Crippen molar-refractivity contribution in [1.29, 1.82) is 0 Å². The second-order valence-corrected chi connectivity index (χ2v) is 13.1. The molecule has 0 radical (unpaired) electrons. The first-order chi connectivity index (χ1) is 27.3. The SMILES string of the molecule is Cc1[n-]n(-c2ccccc2)c(=O)c1N=Nc1ccc(S(=O)(=O)[O-])cc1C(=O)O.O=C(O)c1ccccc1N=Nc1c(-c2ccccc2)[n-]n(-c2ccccc2)c1=O.[Cr].[H+].[Na+]. The van der Waals surface area contributed by atoms with Gasteiger partial charge in [-0.2, -0.15) is 0 Å². The van der Waals surface area contributed by atoms with Gasteiger partial charge in [0.05, 0.1) is 16.0 Å². The number of carboxylic acids is 2. The summed E-state index contributed by atoms with van der Waals surface area (Å²) in [6.45, 7) is 1.54. The van der Waals surface area contributed by atoms with Crippen molar-refractivity contribution in [2.24, 2.45) is 20.5 Å². The van der Waals surface area contributed by atoms with Gasteiger partial charge in [-0.05, 0) is 60.2 Å². The van der Waals surface area contributed by atoms with E-state index in [1.807, 2.05) is 48.5 Å². The third kappa shape index (κ3) is 10.6. The Hall–Kier alpha value is -6.30. The van der Waals surface area contributed by atoms with Crippen molar-refractivity contribution in [3.63, 3.8) is 0 Å². The maximum absolute atomic E-state index is 13.0. The maximum atomic E-state index is 13.0. The summed E-state index contributed by atoms with van der Waals surface area (Å²) in [5.74, 6) is -2.62. The number of azo groups is 2. The molecule has 0 fully saturated rings. The molecule has 20 heteroatoms. The molecule has 2 aromatic heterocycles. The van der Waals surface area contributed by atoms with Crippen molar-refractivity contribution in [3.8, 4) is 22.6 Å². The molecule has 7 rings (SSSR count). The first-order valence-electron chi connectivity index (χ1n) is 16.6. The number of para-hydroxylation sites is 2. The van der Waals surface area contributed by atoms with Crippen LogP contribution in [0.5, 0.6) is 0 Å². The second-order valence-electron chi connectivity index (χ2n) is 11.8. The van der Waals surface area contributed by atoms with Crippen LogP contribution in [0.1, 0.15) is 27.8 Å². The molecule has 0 spiro atoms. The summed E-state index contributed by atoms with van der Waals surface area (Å²) in [5, 5.41) is 42.8. The van der Waals surface area contributed by atoms with Crippen molar-refractivity contribution in [1.82, 2.24) is 19.6 Å². The fourth-order valence-electron chi connectivity index (χ4n) is 5.25. The molecule has 0 bridgehead atoms. The van der Waals surface area contributed by atoms with Gasteiger partial charge in [-0.3, -0.25) is 9.59 Å². The second kappa shape index (κ2) is 19.9. The van der Waals surface area contributed by atoms with E-state index in [-0.39, 0.29) is 82.4 Å². The molecule has 0 aliphatic carbocycles. The van der Waals surface area contributed by atoms with Crippen LogP contribution in [0.3, 0.4) is 0 Å². The summed E-state index contributed by atoms with van der Waals surface area (Å²) < 4.78 is 35.6. The van der Waals surface area contributed by atoms with Crippen LogP contribution in [0.25, 0.3) is 22.6 Å². The molecule has 0 aliphatic rings. The molecule has 0 aliphatic heterocycles. The van der Waals surface area contributed by atoms with E-state index < -0.39 is 43.6 Å². The van der Waals surface area contributed by atoms with E-state index in [2.05, 4.69) is 30.7 Å². The fourth-order valence-corrected chi connectivity index (χ4v) is 5.75. The molecule has 2 N–H and O–H groups in total. The number of aromatic carboxylic acids is 2. The van der Waals surface area contributed by atoms with Gasteiger partial charge in [0.1, 0.15) is 32.9 Å². The van der Waals surface area contributed by atoms with Crippen molar-refractivity contribution in [2.45, 2.75) is 11.8 Å². The molecule has 292 valence electrons. The number of aromatic nitrogens is 4. The largest absolute Gasteiger partial charge is 1.00 e. The van der Waals surface area contributed by atoms with Crippen LogP contribution < -0.4 is 50.9 Å². The Morgan fingerprint density at radius 1 is 0.627 bits per heavy atom. The van der Waals surface area contributed by atoms with Crippen LogP contribution in [0.15, 0.2) is 168 Å². The third-order valence-corrected chi connectivity index (χ3v) is 8.82. The average Bonchev–Trinajstić information content (AvgIpc) is 3.70. The smallest absolute Gasteiger partial charge is 0.744 e. The monoisotopic (exact) mass is 859 g/mol. The van der Waals surface area contributed by atoms with E-state index in [9.17, 15) is 42.4 Å². The predicted octanol–water partition coefficient (Wildman–Crippen LogP) is 3.81. The summed E-state index contributed by atoms with van der Waals surface area (Å²) in [6.07, 6.45) is 0. The Morgan fingerprint density at radius 2 is 1.08 bits per heavy atom. The molecular weight excluding hydrogens is 832 g/mol. The van der Waals surface area contributed by atoms with Crippen molar-refractivity contribution in [3.05, 3.63) is 171 Å². The molecule has 0 amide bonds. The minimum absolute atomic E-state index is 0. The van der Waals surface area contributed by atoms with Gasteiger partial charge in [0.25, 0.3) is 11.1 Å². The van der Waals surface area contributed by atoms with E-state index in [1.54, 1.807) is 61.5 Å². The normalized spacial score (nSPS) is 11.0. The Labute approximate surface area is 369 Å². The number of aryl methyl sites for hydroxylation is 1. The average molecular weight is 860 g/mol. The standard InChI is InChI=1S/C22H16N4O3.C17H14N4O6S.Cr.Na/c27-21-20(24-23-18-14-8-7-13-17(18)22(28)29)19(15-9-3-1-4-10-15)25-26(21)16-11-5-2-6-12-16;1-10-15(16(22)21(20-10)11-5-3-2-4-6-11)19-18-14-8-7-12(28(25,26)27)9-13(14)17(23)24;;/h1-14H,(H2,23,25,27,28,29);2-9H,1H3,(H3,18,20,22,23,24,25,26,27);;/q;;;+1/p-2. The molecule has 7 aromatic rings. The molecule has 0 atom stereocenters. The van der Waals surface area contributed by atoms with Crippen LogP contribution in [-0.2, 0) is 27.5 Å². The van der Waals surface area contributed by atoms with Gasteiger partial charge >= 0.3 is 42.9 Å². The van der Waals surface area contributed by atoms with Crippen molar-refractivity contribution in [2.75, 3.05) is 0 Å². The van der Waals surface area contributed by atoms with Gasteiger partial charge in [-0.25, -0.2) is 18.0 Å². The van der Waals surface area contributed by atoms with E-state index in [1.165, 1.54) is 16.8 Å². The summed E-state index contributed by atoms with van der Waals surface area (Å²) in [5.41, 5.74) is 0.827. The topological polar surface area (TPSA) is 253 Å². The van der Waals surface area contributed by atoms with E-state index in [0.29, 0.717) is 28.7 Å². The minimum Gasteiger partial charge on any atom is -0.744 e. The van der Waals surface area contributed by atoms with Gasteiger partial charge in [-0.1, -0.05) is 91.5 Å². The summed E-state index contributed by atoms with van der Waals surface area (Å²) in [6, 6.07) is 35.6. The Morgan fingerprint density at radius 3 is 1.63 bits per heavy atom. The van der Waals surface area contributed by atoms with Gasteiger partial charge in [0.2, 0.25) is 0 Å². The number of benzene rings is 5. The molecule has 0 saturated heterocycles. The molecular formula is C39H28CrN8NaO9S-. The number of hydrogen-bond acceptors (Lipinski definition) is 11. The number of rotatable bonds is 10. The van der Waals surface area contributed by atoms with Crippen molar-refractivity contribution >= 4 is 44.8 Å². The minimum atomic E-state index is -4.83. The first kappa shape index (κ1) is 45.4. The Bertz CT molecular complexity index is 2900. The number of nitrogens with zero attached hydrogens (tertiary/aromatic N) is 8. The van der Waals surface area contributed by atoms with Crippen LogP contribution in [0, 0.1) is 6.92 Å². The predicted molar refractivity (Wildman–Crippen MR) is 205 cm³/mol. The molecule has 0 saturated carbocycles. The van der Waals surface area contributed by atoms with Crippen LogP contribution in [-0.4, -0.2) is 44.5 Å². The molecule has 0 unspecified atom stereocenters. The van der Waals surface area contributed by atoms with Crippen LogP contribution in [0.4, 0.5) is 22.7 Å². The fraction of sp³-hybridized carbons (Fsp3) is 0.0256. The molecule has 2 heterocycles. The molecule has 5 aromatic carbocycles. The summed E-state index contributed by atoms with van der Waals surface area (Å²) in [7, 11) is -4.83. The zero-order valence-corrected chi connectivity index (χ0v) is 34.9. The van der Waals surface area contributed by atoms with Crippen molar-refractivity contribution < 1.29 is 81.1 Å². The summed E-state index contributed by atoms with van der Waals surface area (Å²) in [4.78, 5) is 47.6. The Balaban J connectivity index is 0.000000305. The summed E-state index contributed by atoms with van der Waals surface area (Å²) >= 11 is 0. The Kier molecular flexibility index (Phi) is 15.3. The van der Waals surface area contributed by atoms with Gasteiger partial charge in [-0.15, -0.1) is 26.2 Å². The number of carboxylic acid groups (broad SMARTS) is 2. The van der Waals surface area contributed by atoms with E-state index >= 15 is 0 Å². The van der Waals surface area contributed by atoms with Gasteiger partial charge < -0.3 is 34.3 Å². The van der Waals surface area contributed by atoms with E-state index in [4.69, 9.17) is 0 Å². The molecule has 17 nitrogen and oxygen atoms in total. The van der Waals surface area contributed by atoms with Gasteiger partial charge in [0, 0.05) is 28.7 Å². The van der Waals surface area contributed by atoms with Crippen LogP contribution >= 0.6 is 0 Å².